The summed E-state index contributed by atoms with van der Waals surface area (Å²) in [6.45, 7) is 0. The van der Waals surface area contributed by atoms with Gasteiger partial charge >= 0.3 is 6.21 Å². The van der Waals surface area contributed by atoms with Crippen LogP contribution in [0, 0.1) is 5.53 Å². The molecule has 0 aromatic heterocycles. The fourth-order valence-corrected chi connectivity index (χ4v) is 1.31. The molecule has 0 saturated carbocycles. The summed E-state index contributed by atoms with van der Waals surface area (Å²) in [6, 6.07) is 5.24. The van der Waals surface area contributed by atoms with Gasteiger partial charge in [0.25, 0.3) is 0 Å². The number of methoxy groups -OCH3 is 2. The molecule has 0 heterocycles. The van der Waals surface area contributed by atoms with E-state index in [0.717, 1.165) is 11.8 Å². The second-order valence-electron chi connectivity index (χ2n) is 3.09. The molecule has 1 aromatic carbocycles. The van der Waals surface area contributed by atoms with Crippen LogP contribution in [0.15, 0.2) is 18.2 Å². The molecule has 0 aliphatic carbocycles. The summed E-state index contributed by atoms with van der Waals surface area (Å²) in [6.07, 6.45) is 1.18. The van der Waals surface area contributed by atoms with E-state index in [9.17, 15) is 4.79 Å². The van der Waals surface area contributed by atoms with E-state index in [1.165, 1.54) is 7.11 Å². The third-order valence-electron chi connectivity index (χ3n) is 2.03. The Morgan fingerprint density at radius 1 is 1.38 bits per heavy atom. The fraction of sp³-hybridized carbons (Fsp3) is 0.273. The number of ether oxygens (including phenoxy) is 2. The van der Waals surface area contributed by atoms with Crippen LogP contribution in [-0.4, -0.2) is 31.0 Å². The van der Waals surface area contributed by atoms with Crippen LogP contribution in [-0.2, 0) is 11.2 Å². The number of ketones is 1. The molecule has 5 nitrogen and oxygen atoms in total. The highest BCUT2D eigenvalue weighted by Crippen LogP contribution is 2.27. The SMILES string of the molecule is COc1ccc(CC(=O)C=[N+]=N)cc1OC. The number of nitrogens with zero attached hydrogens (tertiary/aromatic N) is 1. The smallest absolute Gasteiger partial charge is 0.372 e. The lowest BCUT2D eigenvalue weighted by atomic mass is 10.1. The molecule has 0 amide bonds. The van der Waals surface area contributed by atoms with Crippen LogP contribution in [0.3, 0.4) is 0 Å². The first kappa shape index (κ1) is 11.9. The van der Waals surface area contributed by atoms with Crippen molar-refractivity contribution in [2.75, 3.05) is 14.2 Å². The van der Waals surface area contributed by atoms with Gasteiger partial charge in [-0.25, -0.2) is 0 Å². The van der Waals surface area contributed by atoms with Crippen molar-refractivity contribution < 1.29 is 19.1 Å². The van der Waals surface area contributed by atoms with Crippen LogP contribution in [0.2, 0.25) is 0 Å². The van der Waals surface area contributed by atoms with Gasteiger partial charge in [0.05, 0.1) is 24.5 Å². The summed E-state index contributed by atoms with van der Waals surface area (Å²) < 4.78 is 10.2. The number of Topliss-reactive ketones (excluding diaryl/α,β-unsaturated/α-hetero) is 1. The average Bonchev–Trinajstić information content (AvgIpc) is 2.29. The summed E-state index contributed by atoms with van der Waals surface area (Å²) in [5, 5.41) is 0. The quantitative estimate of drug-likeness (QED) is 0.460. The average molecular weight is 221 g/mol. The third kappa shape index (κ3) is 2.93. The Morgan fingerprint density at radius 3 is 2.62 bits per heavy atom. The Kier molecular flexibility index (Phi) is 4.24. The summed E-state index contributed by atoms with van der Waals surface area (Å²) in [5.41, 5.74) is 7.34. The highest BCUT2D eigenvalue weighted by Gasteiger charge is 2.09. The molecule has 1 aromatic rings. The Morgan fingerprint density at radius 2 is 2.06 bits per heavy atom. The van der Waals surface area contributed by atoms with Gasteiger partial charge in [-0.2, -0.15) is 0 Å². The maximum atomic E-state index is 11.2. The Labute approximate surface area is 93.2 Å². The van der Waals surface area contributed by atoms with Gasteiger partial charge in [0.1, 0.15) is 0 Å². The minimum atomic E-state index is -0.220. The van der Waals surface area contributed by atoms with Crippen molar-refractivity contribution in [2.45, 2.75) is 6.42 Å². The predicted octanol–water partition coefficient (Wildman–Crippen LogP) is 1.13. The molecule has 0 fully saturated rings. The zero-order chi connectivity index (χ0) is 12.0. The Bertz CT molecular complexity index is 437. The van der Waals surface area contributed by atoms with Gasteiger partial charge < -0.3 is 9.47 Å². The van der Waals surface area contributed by atoms with E-state index in [4.69, 9.17) is 15.0 Å². The zero-order valence-electron chi connectivity index (χ0n) is 9.19. The number of hydrogen-bond acceptors (Lipinski definition) is 4. The van der Waals surface area contributed by atoms with Crippen molar-refractivity contribution in [3.8, 4) is 11.5 Å². The van der Waals surface area contributed by atoms with Gasteiger partial charge in [-0.15, -0.1) is 0 Å². The monoisotopic (exact) mass is 221 g/mol. The molecule has 0 aliphatic rings. The van der Waals surface area contributed by atoms with Crippen LogP contribution in [0.1, 0.15) is 5.56 Å². The van der Waals surface area contributed by atoms with Crippen molar-refractivity contribution in [3.63, 3.8) is 0 Å². The minimum absolute atomic E-state index is 0.197. The fourth-order valence-electron chi connectivity index (χ4n) is 1.31. The largest absolute Gasteiger partial charge is 0.493 e. The number of rotatable bonds is 5. The van der Waals surface area contributed by atoms with Crippen molar-refractivity contribution in [1.29, 1.82) is 5.53 Å². The second kappa shape index (κ2) is 5.68. The normalized spacial score (nSPS) is 9.12. The molecule has 1 rings (SSSR count). The minimum Gasteiger partial charge on any atom is -0.493 e. The lowest BCUT2D eigenvalue weighted by molar-refractivity contribution is -0.130. The second-order valence-corrected chi connectivity index (χ2v) is 3.09. The van der Waals surface area contributed by atoms with Crippen LogP contribution in [0.4, 0.5) is 0 Å². The van der Waals surface area contributed by atoms with Crippen molar-refractivity contribution in [3.05, 3.63) is 23.8 Å². The molecule has 0 spiro atoms. The number of carbonyl (C=O) groups is 1. The van der Waals surface area contributed by atoms with Gasteiger partial charge in [0.2, 0.25) is 5.78 Å². The summed E-state index contributed by atoms with van der Waals surface area (Å²) in [5.74, 6) is 0.977. The standard InChI is InChI=1S/C11H13N2O3/c1-15-10-4-3-8(6-11(10)16-2)5-9(14)7-13-12/h3-4,6-7,12H,5H2,1-2H3/q+1. The number of hydrogen-bond donors (Lipinski definition) is 1. The Balaban J connectivity index is 2.90. The van der Waals surface area contributed by atoms with Crippen molar-refractivity contribution in [2.24, 2.45) is 0 Å². The molecule has 16 heavy (non-hydrogen) atoms. The molecular weight excluding hydrogens is 208 g/mol. The van der Waals surface area contributed by atoms with Crippen LogP contribution >= 0.6 is 0 Å². The van der Waals surface area contributed by atoms with Gasteiger partial charge in [-0.1, -0.05) is 6.07 Å². The number of carbonyl (C=O) groups excluding carboxylic acids is 1. The van der Waals surface area contributed by atoms with Gasteiger partial charge in [0, 0.05) is 6.42 Å². The highest BCUT2D eigenvalue weighted by molar-refractivity contribution is 6.25. The lowest BCUT2D eigenvalue weighted by Gasteiger charge is -2.08. The zero-order valence-corrected chi connectivity index (χ0v) is 9.19. The van der Waals surface area contributed by atoms with E-state index in [1.54, 1.807) is 25.3 Å². The Hall–Kier alpha value is -2.13. The van der Waals surface area contributed by atoms with E-state index in [0.29, 0.717) is 11.5 Å². The first-order chi connectivity index (χ1) is 7.71. The molecule has 5 heteroatoms. The summed E-state index contributed by atoms with van der Waals surface area (Å²) in [7, 11) is 3.09. The third-order valence-corrected chi connectivity index (χ3v) is 2.03. The van der Waals surface area contributed by atoms with Crippen molar-refractivity contribution in [1.82, 2.24) is 0 Å². The number of benzene rings is 1. The van der Waals surface area contributed by atoms with Crippen molar-refractivity contribution >= 4 is 12.0 Å². The maximum Gasteiger partial charge on any atom is 0.372 e. The molecule has 0 bridgehead atoms. The molecular formula is C11H13N2O3+. The molecule has 1 N–H and O–H groups in total. The summed E-state index contributed by atoms with van der Waals surface area (Å²) >= 11 is 0. The molecule has 84 valence electrons. The van der Waals surface area contributed by atoms with E-state index in [-0.39, 0.29) is 12.2 Å². The van der Waals surface area contributed by atoms with Gasteiger partial charge in [-0.3, -0.25) is 4.79 Å². The van der Waals surface area contributed by atoms with E-state index >= 15 is 0 Å². The molecule has 0 radical (unpaired) electrons. The van der Waals surface area contributed by atoms with Gasteiger partial charge in [0.15, 0.2) is 11.5 Å². The van der Waals surface area contributed by atoms with Crippen LogP contribution < -0.4 is 9.47 Å². The molecule has 0 unspecified atom stereocenters. The maximum absolute atomic E-state index is 11.2. The van der Waals surface area contributed by atoms with Crippen LogP contribution in [0.25, 0.3) is 0 Å². The topological polar surface area (TPSA) is 73.5 Å². The van der Waals surface area contributed by atoms with Gasteiger partial charge in [-0.05, 0) is 17.7 Å². The summed E-state index contributed by atoms with van der Waals surface area (Å²) in [4.78, 5) is 14.2. The van der Waals surface area contributed by atoms with E-state index < -0.39 is 0 Å². The molecule has 0 saturated heterocycles. The van der Waals surface area contributed by atoms with E-state index in [2.05, 4.69) is 4.79 Å². The first-order valence-electron chi connectivity index (χ1n) is 4.64. The molecule has 0 atom stereocenters. The van der Waals surface area contributed by atoms with Crippen LogP contribution in [0.5, 0.6) is 11.5 Å². The first-order valence-corrected chi connectivity index (χ1v) is 4.64. The molecule has 0 aliphatic heterocycles. The predicted molar refractivity (Wildman–Crippen MR) is 57.3 cm³/mol. The van der Waals surface area contributed by atoms with E-state index in [1.807, 2.05) is 0 Å². The highest BCUT2D eigenvalue weighted by atomic mass is 16.5. The lowest BCUT2D eigenvalue weighted by Crippen LogP contribution is -2.04. The number of nitrogens with one attached hydrogen (secondary N) is 1.